The van der Waals surface area contributed by atoms with E-state index in [-0.39, 0.29) is 12.0 Å². The molecule has 0 aliphatic heterocycles. The summed E-state index contributed by atoms with van der Waals surface area (Å²) in [7, 11) is 2.09. The number of aromatic nitrogens is 2. The van der Waals surface area contributed by atoms with Crippen LogP contribution in [-0.2, 0) is 0 Å². The number of hydrogen-bond donors (Lipinski definition) is 2. The van der Waals surface area contributed by atoms with Crippen molar-refractivity contribution in [1.29, 1.82) is 0 Å². The lowest BCUT2D eigenvalue weighted by atomic mass is 9.74. The first-order valence-corrected chi connectivity index (χ1v) is 10.2. The summed E-state index contributed by atoms with van der Waals surface area (Å²) in [6.07, 6.45) is 7.77. The lowest BCUT2D eigenvalue weighted by Gasteiger charge is -2.39. The monoisotopic (exact) mass is 392 g/mol. The number of aliphatic hydroxyl groups excluding tert-OH is 1. The van der Waals surface area contributed by atoms with Crippen LogP contribution < -0.4 is 10.6 Å². The van der Waals surface area contributed by atoms with Gasteiger partial charge in [-0.05, 0) is 43.2 Å². The van der Waals surface area contributed by atoms with Crippen molar-refractivity contribution in [2.75, 3.05) is 25.1 Å². The van der Waals surface area contributed by atoms with Gasteiger partial charge in [0.2, 0.25) is 0 Å². The van der Waals surface area contributed by atoms with Gasteiger partial charge < -0.3 is 15.7 Å². The zero-order valence-corrected chi connectivity index (χ0v) is 16.8. The lowest BCUT2D eigenvalue weighted by Crippen LogP contribution is -2.40. The average molecular weight is 393 g/mol. The molecule has 1 aromatic heterocycles. The third-order valence-electron chi connectivity index (χ3n) is 6.18. The molecule has 1 heterocycles. The summed E-state index contributed by atoms with van der Waals surface area (Å²) in [4.78, 5) is 13.9. The summed E-state index contributed by atoms with van der Waals surface area (Å²) >= 11 is 0. The Bertz CT molecular complexity index is 1000. The van der Waals surface area contributed by atoms with Crippen molar-refractivity contribution in [1.82, 2.24) is 9.78 Å². The van der Waals surface area contributed by atoms with E-state index in [0.717, 1.165) is 36.1 Å². The molecule has 1 aliphatic carbocycles. The van der Waals surface area contributed by atoms with E-state index in [0.29, 0.717) is 11.1 Å². The largest absolute Gasteiger partial charge is 0.396 e. The van der Waals surface area contributed by atoms with E-state index >= 15 is 0 Å². The molecular formula is C23H28N4O2. The fourth-order valence-electron chi connectivity index (χ4n) is 4.50. The van der Waals surface area contributed by atoms with E-state index in [4.69, 9.17) is 5.73 Å². The summed E-state index contributed by atoms with van der Waals surface area (Å²) in [5.41, 5.74) is 8.56. The number of carbonyl (C=O) groups is 1. The minimum absolute atomic E-state index is 0.0105. The molecule has 1 saturated carbocycles. The predicted molar refractivity (Wildman–Crippen MR) is 115 cm³/mol. The molecule has 1 fully saturated rings. The number of anilines is 1. The maximum Gasteiger partial charge on any atom is 0.250 e. The number of rotatable bonds is 6. The van der Waals surface area contributed by atoms with Crippen LogP contribution in [0.25, 0.3) is 16.6 Å². The van der Waals surface area contributed by atoms with Crippen LogP contribution in [0.3, 0.4) is 0 Å². The maximum absolute atomic E-state index is 11.6. The first-order valence-electron chi connectivity index (χ1n) is 10.2. The number of aliphatic hydroxyl groups is 1. The zero-order valence-electron chi connectivity index (χ0n) is 16.8. The fraction of sp³-hybridized carbons (Fsp3) is 0.391. The normalized spacial score (nSPS) is 16.1. The van der Waals surface area contributed by atoms with Crippen LogP contribution in [-0.4, -0.2) is 41.0 Å². The van der Waals surface area contributed by atoms with Crippen LogP contribution in [0.5, 0.6) is 0 Å². The number of fused-ring (bicyclic) bond motifs is 1. The van der Waals surface area contributed by atoms with Gasteiger partial charge in [0.25, 0.3) is 5.91 Å². The maximum atomic E-state index is 11.6. The third-order valence-corrected chi connectivity index (χ3v) is 6.18. The van der Waals surface area contributed by atoms with Crippen molar-refractivity contribution in [3.63, 3.8) is 0 Å². The Labute approximate surface area is 170 Å². The molecule has 0 bridgehead atoms. The van der Waals surface area contributed by atoms with Gasteiger partial charge in [-0.1, -0.05) is 31.4 Å². The third kappa shape index (κ3) is 3.85. The van der Waals surface area contributed by atoms with E-state index in [1.54, 1.807) is 10.7 Å². The summed E-state index contributed by atoms with van der Waals surface area (Å²) in [5.74, 6) is -0.474. The first kappa shape index (κ1) is 19.5. The summed E-state index contributed by atoms with van der Waals surface area (Å²) in [6, 6.07) is 13.6. The SMILES string of the molecule is CN(CC1(CO)CCCCC1)c1ccc(-n2cc3cccc(C(N)=O)c3n2)cc1. The molecule has 6 heteroatoms. The zero-order chi connectivity index (χ0) is 20.4. The minimum atomic E-state index is -0.474. The van der Waals surface area contributed by atoms with Crippen molar-refractivity contribution in [2.24, 2.45) is 11.1 Å². The van der Waals surface area contributed by atoms with Crippen LogP contribution in [0, 0.1) is 5.41 Å². The number of benzene rings is 2. The Kier molecular flexibility index (Phi) is 5.28. The van der Waals surface area contributed by atoms with Gasteiger partial charge in [-0.25, -0.2) is 4.68 Å². The first-order chi connectivity index (χ1) is 14.0. The van der Waals surface area contributed by atoms with Crippen molar-refractivity contribution in [2.45, 2.75) is 32.1 Å². The van der Waals surface area contributed by atoms with Gasteiger partial charge in [-0.3, -0.25) is 4.79 Å². The summed E-state index contributed by atoms with van der Waals surface area (Å²) in [5, 5.41) is 15.4. The highest BCUT2D eigenvalue weighted by Gasteiger charge is 2.32. The highest BCUT2D eigenvalue weighted by molar-refractivity contribution is 6.04. The standard InChI is InChI=1S/C23H28N4O2/c1-26(15-23(16-28)12-3-2-4-13-23)18-8-10-19(11-9-18)27-14-17-6-5-7-20(22(24)29)21(17)25-27/h5-11,14,28H,2-4,12-13,15-16H2,1H3,(H2,24,29). The van der Waals surface area contributed by atoms with E-state index in [2.05, 4.69) is 29.2 Å². The molecule has 0 spiro atoms. The molecule has 0 atom stereocenters. The highest BCUT2D eigenvalue weighted by Crippen LogP contribution is 2.37. The van der Waals surface area contributed by atoms with Gasteiger partial charge in [0.15, 0.2) is 0 Å². The van der Waals surface area contributed by atoms with Gasteiger partial charge >= 0.3 is 0 Å². The van der Waals surface area contributed by atoms with Crippen LogP contribution in [0.15, 0.2) is 48.7 Å². The van der Waals surface area contributed by atoms with E-state index in [9.17, 15) is 9.90 Å². The summed E-state index contributed by atoms with van der Waals surface area (Å²) in [6.45, 7) is 1.11. The van der Waals surface area contributed by atoms with Crippen molar-refractivity contribution in [3.05, 3.63) is 54.2 Å². The molecule has 0 saturated heterocycles. The quantitative estimate of drug-likeness (QED) is 0.672. The molecule has 3 N–H and O–H groups in total. The Morgan fingerprint density at radius 1 is 1.17 bits per heavy atom. The van der Waals surface area contributed by atoms with Crippen molar-refractivity contribution in [3.8, 4) is 5.69 Å². The minimum Gasteiger partial charge on any atom is -0.396 e. The molecule has 152 valence electrons. The molecule has 0 radical (unpaired) electrons. The van der Waals surface area contributed by atoms with E-state index < -0.39 is 5.91 Å². The van der Waals surface area contributed by atoms with Gasteiger partial charge in [-0.15, -0.1) is 0 Å². The number of amides is 1. The van der Waals surface area contributed by atoms with Gasteiger partial charge in [0.05, 0.1) is 17.9 Å². The lowest BCUT2D eigenvalue weighted by molar-refractivity contribution is 0.0891. The van der Waals surface area contributed by atoms with Gasteiger partial charge in [0.1, 0.15) is 5.52 Å². The Morgan fingerprint density at radius 2 is 1.90 bits per heavy atom. The Balaban J connectivity index is 1.55. The number of primary amides is 1. The molecule has 1 amide bonds. The second-order valence-electron chi connectivity index (χ2n) is 8.27. The molecule has 29 heavy (non-hydrogen) atoms. The molecule has 1 aliphatic rings. The number of nitrogens with zero attached hydrogens (tertiary/aromatic N) is 3. The topological polar surface area (TPSA) is 84.4 Å². The van der Waals surface area contributed by atoms with Crippen LogP contribution >= 0.6 is 0 Å². The second kappa shape index (κ2) is 7.87. The molecule has 3 aromatic rings. The number of carbonyl (C=O) groups excluding carboxylic acids is 1. The van der Waals surface area contributed by atoms with Crippen LogP contribution in [0.4, 0.5) is 5.69 Å². The van der Waals surface area contributed by atoms with Crippen LogP contribution in [0.2, 0.25) is 0 Å². The number of nitrogens with two attached hydrogens (primary N) is 1. The second-order valence-corrected chi connectivity index (χ2v) is 8.27. The van der Waals surface area contributed by atoms with Gasteiger partial charge in [-0.2, -0.15) is 5.10 Å². The van der Waals surface area contributed by atoms with Crippen molar-refractivity contribution >= 4 is 22.5 Å². The highest BCUT2D eigenvalue weighted by atomic mass is 16.3. The molecule has 4 rings (SSSR count). The van der Waals surface area contributed by atoms with Gasteiger partial charge in [0, 0.05) is 36.3 Å². The van der Waals surface area contributed by atoms with E-state index in [1.807, 2.05) is 30.5 Å². The average Bonchev–Trinajstić information content (AvgIpc) is 3.18. The predicted octanol–water partition coefficient (Wildman–Crippen LogP) is 3.50. The number of hydrogen-bond acceptors (Lipinski definition) is 4. The van der Waals surface area contributed by atoms with Crippen LogP contribution in [0.1, 0.15) is 42.5 Å². The van der Waals surface area contributed by atoms with E-state index in [1.165, 1.54) is 19.3 Å². The molecule has 6 nitrogen and oxygen atoms in total. The molecule has 2 aromatic carbocycles. The molecule has 0 unspecified atom stereocenters. The Hall–Kier alpha value is -2.86. The Morgan fingerprint density at radius 3 is 2.55 bits per heavy atom. The van der Waals surface area contributed by atoms with Crippen molar-refractivity contribution < 1.29 is 9.90 Å². The molecular weight excluding hydrogens is 364 g/mol. The smallest absolute Gasteiger partial charge is 0.250 e. The fourth-order valence-corrected chi connectivity index (χ4v) is 4.50. The summed E-state index contributed by atoms with van der Waals surface area (Å²) < 4.78 is 1.78.